The first-order valence-electron chi connectivity index (χ1n) is 14.8. The number of fused-ring (bicyclic) bond motifs is 2. The molecule has 1 atom stereocenters. The topological polar surface area (TPSA) is 50.8 Å². The summed E-state index contributed by atoms with van der Waals surface area (Å²) in [6.07, 6.45) is 9.21. The highest BCUT2D eigenvalue weighted by Crippen LogP contribution is 2.39. The summed E-state index contributed by atoms with van der Waals surface area (Å²) in [5.41, 5.74) is 6.05. The Balaban J connectivity index is 0.000000269. The van der Waals surface area contributed by atoms with Crippen LogP contribution in [-0.4, -0.2) is 37.5 Å². The number of benzene rings is 3. The van der Waals surface area contributed by atoms with E-state index in [1.165, 1.54) is 29.5 Å². The van der Waals surface area contributed by atoms with E-state index in [0.29, 0.717) is 24.1 Å². The van der Waals surface area contributed by atoms with E-state index in [2.05, 4.69) is 77.8 Å². The molecule has 1 N–H and O–H groups in total. The number of carbonyl (C=O) groups is 1. The van der Waals surface area contributed by atoms with Crippen LogP contribution in [0.3, 0.4) is 0 Å². The SMILES string of the molecule is C1=Cc2ccccc2CN1.CCCOc1cc2c(cc1OC)CC(CC1CCN(Cc3ccccc3)CC1)C2=O. The van der Waals surface area contributed by atoms with Crippen molar-refractivity contribution in [2.45, 2.75) is 52.1 Å². The smallest absolute Gasteiger partial charge is 0.166 e. The van der Waals surface area contributed by atoms with Gasteiger partial charge in [-0.1, -0.05) is 61.5 Å². The second kappa shape index (κ2) is 13.7. The van der Waals surface area contributed by atoms with Crippen LogP contribution in [0, 0.1) is 11.8 Å². The molecular formula is C35H42N2O3. The third-order valence-electron chi connectivity index (χ3n) is 8.26. The van der Waals surface area contributed by atoms with E-state index in [-0.39, 0.29) is 5.92 Å². The highest BCUT2D eigenvalue weighted by molar-refractivity contribution is 6.02. The summed E-state index contributed by atoms with van der Waals surface area (Å²) in [7, 11) is 1.66. The zero-order valence-electron chi connectivity index (χ0n) is 23.9. The maximum Gasteiger partial charge on any atom is 0.166 e. The standard InChI is InChI=1S/C26H33NO3.C9H9N/c1-3-13-30-25-17-23-21(16-24(25)29-2)15-22(26(23)28)14-19-9-11-27(12-10-19)18-20-7-5-4-6-8-20;1-2-4-9-7-10-6-5-8(9)3-1/h4-8,16-17,19,22H,3,9-15,18H2,1-2H3;1-6,10H,7H2. The number of likely N-dealkylation sites (tertiary alicyclic amines) is 1. The van der Waals surface area contributed by atoms with Gasteiger partial charge < -0.3 is 14.8 Å². The number of rotatable bonds is 8. The minimum absolute atomic E-state index is 0.108. The Bertz CT molecular complexity index is 1300. The number of nitrogens with zero attached hydrogens (tertiary/aromatic N) is 1. The first-order valence-corrected chi connectivity index (χ1v) is 14.8. The average molecular weight is 539 g/mol. The normalized spacial score (nSPS) is 18.2. The van der Waals surface area contributed by atoms with Crippen molar-refractivity contribution < 1.29 is 14.3 Å². The number of Topliss-reactive ketones (excluding diaryl/α,β-unsaturated/α-hetero) is 1. The summed E-state index contributed by atoms with van der Waals surface area (Å²) in [5, 5.41) is 3.16. The van der Waals surface area contributed by atoms with Gasteiger partial charge in [0.1, 0.15) is 0 Å². The molecular weight excluding hydrogens is 496 g/mol. The van der Waals surface area contributed by atoms with Crippen LogP contribution in [-0.2, 0) is 19.5 Å². The van der Waals surface area contributed by atoms with Crippen LogP contribution in [0.4, 0.5) is 0 Å². The minimum atomic E-state index is 0.108. The van der Waals surface area contributed by atoms with Gasteiger partial charge in [-0.2, -0.15) is 0 Å². The Kier molecular flexibility index (Phi) is 9.56. The first kappa shape index (κ1) is 28.0. The summed E-state index contributed by atoms with van der Waals surface area (Å²) in [6.45, 7) is 6.95. The lowest BCUT2D eigenvalue weighted by Gasteiger charge is -2.32. The molecule has 1 saturated heterocycles. The lowest BCUT2D eigenvalue weighted by Crippen LogP contribution is -2.34. The van der Waals surface area contributed by atoms with Gasteiger partial charge in [-0.3, -0.25) is 9.69 Å². The molecule has 0 saturated carbocycles. The van der Waals surface area contributed by atoms with E-state index in [0.717, 1.165) is 62.3 Å². The van der Waals surface area contributed by atoms with E-state index in [1.54, 1.807) is 7.11 Å². The largest absolute Gasteiger partial charge is 0.493 e. The fraction of sp³-hybridized carbons (Fsp3) is 0.400. The van der Waals surface area contributed by atoms with Crippen molar-refractivity contribution >= 4 is 11.9 Å². The van der Waals surface area contributed by atoms with E-state index >= 15 is 0 Å². The van der Waals surface area contributed by atoms with Gasteiger partial charge in [-0.25, -0.2) is 0 Å². The van der Waals surface area contributed by atoms with E-state index in [9.17, 15) is 4.79 Å². The third-order valence-corrected chi connectivity index (χ3v) is 8.26. The highest BCUT2D eigenvalue weighted by Gasteiger charge is 2.34. The summed E-state index contributed by atoms with van der Waals surface area (Å²) in [6, 6.07) is 23.0. The fourth-order valence-corrected chi connectivity index (χ4v) is 6.05. The van der Waals surface area contributed by atoms with Gasteiger partial charge in [0.2, 0.25) is 0 Å². The van der Waals surface area contributed by atoms with Crippen molar-refractivity contribution in [1.29, 1.82) is 0 Å². The third kappa shape index (κ3) is 6.95. The molecule has 5 nitrogen and oxygen atoms in total. The second-order valence-corrected chi connectivity index (χ2v) is 11.1. The molecule has 1 unspecified atom stereocenters. The lowest BCUT2D eigenvalue weighted by molar-refractivity contribution is 0.0895. The van der Waals surface area contributed by atoms with Crippen molar-refractivity contribution in [2.24, 2.45) is 11.8 Å². The van der Waals surface area contributed by atoms with Crippen LogP contribution in [0.15, 0.2) is 72.9 Å². The molecule has 2 aliphatic heterocycles. The molecule has 3 aromatic rings. The minimum Gasteiger partial charge on any atom is -0.493 e. The molecule has 40 heavy (non-hydrogen) atoms. The van der Waals surface area contributed by atoms with E-state index < -0.39 is 0 Å². The quantitative estimate of drug-likeness (QED) is 0.338. The maximum absolute atomic E-state index is 13.1. The van der Waals surface area contributed by atoms with Crippen molar-refractivity contribution in [3.8, 4) is 11.5 Å². The van der Waals surface area contributed by atoms with Gasteiger partial charge in [0.05, 0.1) is 13.7 Å². The molecule has 2 heterocycles. The predicted octanol–water partition coefficient (Wildman–Crippen LogP) is 6.90. The number of carbonyl (C=O) groups excluding carboxylic acids is 1. The average Bonchev–Trinajstić information content (AvgIpc) is 3.31. The number of hydrogen-bond acceptors (Lipinski definition) is 5. The monoisotopic (exact) mass is 538 g/mol. The van der Waals surface area contributed by atoms with Crippen LogP contribution in [0.25, 0.3) is 6.08 Å². The van der Waals surface area contributed by atoms with Gasteiger partial charge >= 0.3 is 0 Å². The fourth-order valence-electron chi connectivity index (χ4n) is 6.05. The Labute approximate surface area is 239 Å². The lowest BCUT2D eigenvalue weighted by atomic mass is 9.85. The van der Waals surface area contributed by atoms with Crippen molar-refractivity contribution in [3.63, 3.8) is 0 Å². The molecule has 3 aromatic carbocycles. The van der Waals surface area contributed by atoms with Crippen LogP contribution < -0.4 is 14.8 Å². The predicted molar refractivity (Wildman–Crippen MR) is 162 cm³/mol. The summed E-state index contributed by atoms with van der Waals surface area (Å²) < 4.78 is 11.3. The molecule has 0 amide bonds. The Morgan fingerprint density at radius 3 is 2.48 bits per heavy atom. The summed E-state index contributed by atoms with van der Waals surface area (Å²) >= 11 is 0. The van der Waals surface area contributed by atoms with Gasteiger partial charge in [0, 0.05) is 24.6 Å². The van der Waals surface area contributed by atoms with Crippen LogP contribution in [0.2, 0.25) is 0 Å². The summed E-state index contributed by atoms with van der Waals surface area (Å²) in [4.78, 5) is 15.6. The number of methoxy groups -OCH3 is 1. The number of ether oxygens (including phenoxy) is 2. The van der Waals surface area contributed by atoms with E-state index in [4.69, 9.17) is 9.47 Å². The maximum atomic E-state index is 13.1. The van der Waals surface area contributed by atoms with Crippen molar-refractivity contribution in [1.82, 2.24) is 10.2 Å². The number of piperidine rings is 1. The van der Waals surface area contributed by atoms with Crippen molar-refractivity contribution in [2.75, 3.05) is 26.8 Å². The van der Waals surface area contributed by atoms with Crippen LogP contribution >= 0.6 is 0 Å². The van der Waals surface area contributed by atoms with Crippen molar-refractivity contribution in [3.05, 3.63) is 101 Å². The summed E-state index contributed by atoms with van der Waals surface area (Å²) in [5.74, 6) is 2.47. The van der Waals surface area contributed by atoms with E-state index in [1.807, 2.05) is 18.3 Å². The molecule has 0 aromatic heterocycles. The molecule has 1 aliphatic carbocycles. The number of ketones is 1. The van der Waals surface area contributed by atoms with Gasteiger partial charge in [0.15, 0.2) is 17.3 Å². The van der Waals surface area contributed by atoms with Gasteiger partial charge in [0.25, 0.3) is 0 Å². The van der Waals surface area contributed by atoms with Crippen LogP contribution in [0.1, 0.15) is 65.2 Å². The molecule has 6 rings (SSSR count). The van der Waals surface area contributed by atoms with Gasteiger partial charge in [-0.05, 0) is 97.8 Å². The number of nitrogens with one attached hydrogen (secondary N) is 1. The molecule has 0 spiro atoms. The molecule has 5 heteroatoms. The molecule has 1 fully saturated rings. The highest BCUT2D eigenvalue weighted by atomic mass is 16.5. The first-order chi connectivity index (χ1) is 19.6. The zero-order valence-corrected chi connectivity index (χ0v) is 23.9. The zero-order chi connectivity index (χ0) is 27.7. The second-order valence-electron chi connectivity index (χ2n) is 11.1. The Morgan fingerprint density at radius 2 is 1.73 bits per heavy atom. The molecule has 210 valence electrons. The van der Waals surface area contributed by atoms with Crippen LogP contribution in [0.5, 0.6) is 11.5 Å². The molecule has 3 aliphatic rings. The Morgan fingerprint density at radius 1 is 0.950 bits per heavy atom. The molecule has 0 radical (unpaired) electrons. The molecule has 0 bridgehead atoms. The number of hydrogen-bond donors (Lipinski definition) is 1. The van der Waals surface area contributed by atoms with Gasteiger partial charge in [-0.15, -0.1) is 0 Å². The Hall–Kier alpha value is -3.57.